The van der Waals surface area contributed by atoms with Gasteiger partial charge in [-0.15, -0.1) is 0 Å². The molecule has 1 saturated heterocycles. The number of fused-ring (bicyclic) bond motifs is 1. The van der Waals surface area contributed by atoms with Crippen molar-refractivity contribution in [3.8, 4) is 5.75 Å². The number of halogens is 1. The van der Waals surface area contributed by atoms with Gasteiger partial charge in [-0.25, -0.2) is 4.79 Å². The summed E-state index contributed by atoms with van der Waals surface area (Å²) in [5.74, 6) is 0.761. The van der Waals surface area contributed by atoms with Crippen molar-refractivity contribution >= 4 is 34.2 Å². The van der Waals surface area contributed by atoms with E-state index >= 15 is 0 Å². The summed E-state index contributed by atoms with van der Waals surface area (Å²) in [6.45, 7) is 2.73. The molecule has 0 radical (unpaired) electrons. The lowest BCUT2D eigenvalue weighted by Crippen LogP contribution is -2.38. The monoisotopic (exact) mass is 334 g/mol. The predicted molar refractivity (Wildman–Crippen MR) is 91.3 cm³/mol. The molecular formula is C16H19ClN4O2. The number of ether oxygens (including phenoxy) is 1. The first-order valence-corrected chi connectivity index (χ1v) is 7.89. The molecule has 0 bridgehead atoms. The van der Waals surface area contributed by atoms with E-state index in [9.17, 15) is 4.79 Å². The highest BCUT2D eigenvalue weighted by molar-refractivity contribution is 6.34. The van der Waals surface area contributed by atoms with Crippen LogP contribution in [0.15, 0.2) is 24.4 Å². The minimum absolute atomic E-state index is 0.376. The molecule has 0 aliphatic carbocycles. The number of pyridine rings is 1. The lowest BCUT2D eigenvalue weighted by Gasteiger charge is -2.25. The first-order chi connectivity index (χ1) is 11.1. The molecule has 7 heteroatoms. The second-order valence-corrected chi connectivity index (χ2v) is 5.91. The zero-order valence-electron chi connectivity index (χ0n) is 13.0. The maximum absolute atomic E-state index is 11.4. The molecule has 6 nitrogen and oxygen atoms in total. The van der Waals surface area contributed by atoms with E-state index in [2.05, 4.69) is 9.88 Å². The van der Waals surface area contributed by atoms with E-state index in [-0.39, 0.29) is 6.03 Å². The third kappa shape index (κ3) is 3.12. The highest BCUT2D eigenvalue weighted by atomic mass is 35.5. The number of primary amides is 1. The molecule has 2 N–H and O–H groups in total. The van der Waals surface area contributed by atoms with Gasteiger partial charge < -0.3 is 20.3 Å². The van der Waals surface area contributed by atoms with Gasteiger partial charge >= 0.3 is 6.03 Å². The number of urea groups is 1. The van der Waals surface area contributed by atoms with Crippen molar-refractivity contribution in [2.45, 2.75) is 6.42 Å². The maximum atomic E-state index is 11.4. The zero-order valence-corrected chi connectivity index (χ0v) is 13.7. The summed E-state index contributed by atoms with van der Waals surface area (Å²) >= 11 is 6.43. The van der Waals surface area contributed by atoms with Crippen LogP contribution < -0.4 is 15.4 Å². The molecule has 0 atom stereocenters. The Labute approximate surface area is 139 Å². The number of methoxy groups -OCH3 is 1. The maximum Gasteiger partial charge on any atom is 0.314 e. The summed E-state index contributed by atoms with van der Waals surface area (Å²) in [4.78, 5) is 19.6. The van der Waals surface area contributed by atoms with Gasteiger partial charge in [-0.1, -0.05) is 11.6 Å². The van der Waals surface area contributed by atoms with Crippen LogP contribution in [0.2, 0.25) is 5.02 Å². The number of aromatic nitrogens is 1. The summed E-state index contributed by atoms with van der Waals surface area (Å²) in [6.07, 6.45) is 2.51. The fourth-order valence-corrected chi connectivity index (χ4v) is 3.21. The van der Waals surface area contributed by atoms with Crippen molar-refractivity contribution in [2.24, 2.45) is 5.73 Å². The average Bonchev–Trinajstić information content (AvgIpc) is 2.80. The number of nitrogens with two attached hydrogens (primary N) is 1. The Bertz CT molecular complexity index is 737. The molecule has 2 amide bonds. The molecule has 1 fully saturated rings. The van der Waals surface area contributed by atoms with Crippen molar-refractivity contribution in [3.05, 3.63) is 29.4 Å². The first-order valence-electron chi connectivity index (χ1n) is 7.51. The largest absolute Gasteiger partial charge is 0.497 e. The number of carbonyl (C=O) groups is 1. The van der Waals surface area contributed by atoms with Gasteiger partial charge in [0.25, 0.3) is 0 Å². The first kappa shape index (κ1) is 15.7. The summed E-state index contributed by atoms with van der Waals surface area (Å²) < 4.78 is 5.32. The van der Waals surface area contributed by atoms with Crippen molar-refractivity contribution in [3.63, 3.8) is 0 Å². The molecule has 1 aliphatic rings. The van der Waals surface area contributed by atoms with Gasteiger partial charge in [0.15, 0.2) is 0 Å². The average molecular weight is 335 g/mol. The second-order valence-electron chi connectivity index (χ2n) is 5.50. The van der Waals surface area contributed by atoms with E-state index in [0.29, 0.717) is 24.7 Å². The molecule has 0 saturated carbocycles. The Kier molecular flexibility index (Phi) is 4.43. The summed E-state index contributed by atoms with van der Waals surface area (Å²) in [5, 5.41) is 1.54. The Morgan fingerprint density at radius 3 is 2.87 bits per heavy atom. The fraction of sp³-hybridized carbons (Fsp3) is 0.375. The van der Waals surface area contributed by atoms with Crippen LogP contribution in [0.1, 0.15) is 6.42 Å². The highest BCUT2D eigenvalue weighted by Gasteiger charge is 2.21. The van der Waals surface area contributed by atoms with Crippen molar-refractivity contribution in [2.75, 3.05) is 38.2 Å². The summed E-state index contributed by atoms with van der Waals surface area (Å²) in [5.41, 5.74) is 7.19. The van der Waals surface area contributed by atoms with E-state index < -0.39 is 0 Å². The predicted octanol–water partition coefficient (Wildman–Crippen LogP) is 2.49. The number of carbonyl (C=O) groups excluding carboxylic acids is 1. The molecule has 3 rings (SSSR count). The summed E-state index contributed by atoms with van der Waals surface area (Å²) in [6, 6.07) is 5.37. The lowest BCUT2D eigenvalue weighted by molar-refractivity contribution is 0.211. The number of nitrogens with zero attached hydrogens (tertiary/aromatic N) is 3. The minimum atomic E-state index is -0.376. The molecule has 0 spiro atoms. The van der Waals surface area contributed by atoms with Crippen LogP contribution in [-0.4, -0.2) is 49.2 Å². The molecule has 1 aromatic heterocycles. The standard InChI is InChI=1S/C16H19ClN4O2/c1-23-11-3-4-14-12(9-11)15(13(17)10-19-14)20-5-2-6-21(8-7-20)16(18)22/h3-4,9-10H,2,5-8H2,1H3,(H2,18,22). The van der Waals surface area contributed by atoms with E-state index in [4.69, 9.17) is 22.1 Å². The van der Waals surface area contributed by atoms with E-state index in [1.54, 1.807) is 18.2 Å². The third-order valence-corrected chi connectivity index (χ3v) is 4.40. The normalized spacial score (nSPS) is 15.6. The number of amides is 2. The van der Waals surface area contributed by atoms with Crippen LogP contribution in [0.25, 0.3) is 10.9 Å². The zero-order chi connectivity index (χ0) is 16.4. The molecule has 2 heterocycles. The van der Waals surface area contributed by atoms with Crippen LogP contribution >= 0.6 is 11.6 Å². The van der Waals surface area contributed by atoms with Crippen molar-refractivity contribution in [1.29, 1.82) is 0 Å². The Morgan fingerprint density at radius 1 is 1.30 bits per heavy atom. The van der Waals surface area contributed by atoms with E-state index in [1.165, 1.54) is 0 Å². The molecule has 1 aromatic carbocycles. The van der Waals surface area contributed by atoms with Crippen LogP contribution in [0, 0.1) is 0 Å². The smallest absolute Gasteiger partial charge is 0.314 e. The molecule has 0 unspecified atom stereocenters. The molecule has 23 heavy (non-hydrogen) atoms. The van der Waals surface area contributed by atoms with Crippen LogP contribution in [0.5, 0.6) is 5.75 Å². The SMILES string of the molecule is COc1ccc2ncc(Cl)c(N3CCCN(C(N)=O)CC3)c2c1. The number of anilines is 1. The Morgan fingerprint density at radius 2 is 2.13 bits per heavy atom. The molecule has 1 aliphatic heterocycles. The van der Waals surface area contributed by atoms with Gasteiger partial charge in [0, 0.05) is 37.8 Å². The van der Waals surface area contributed by atoms with Gasteiger partial charge in [-0.05, 0) is 24.6 Å². The second kappa shape index (κ2) is 6.50. The van der Waals surface area contributed by atoms with Gasteiger partial charge in [0.05, 0.1) is 23.3 Å². The highest BCUT2D eigenvalue weighted by Crippen LogP contribution is 2.35. The molecule has 2 aromatic rings. The molecular weight excluding hydrogens is 316 g/mol. The number of hydrogen-bond acceptors (Lipinski definition) is 4. The topological polar surface area (TPSA) is 71.7 Å². The van der Waals surface area contributed by atoms with Crippen LogP contribution in [0.4, 0.5) is 10.5 Å². The van der Waals surface area contributed by atoms with Gasteiger partial charge in [0.2, 0.25) is 0 Å². The summed E-state index contributed by atoms with van der Waals surface area (Å²) in [7, 11) is 1.63. The quantitative estimate of drug-likeness (QED) is 0.915. The molecule has 122 valence electrons. The number of rotatable bonds is 2. The minimum Gasteiger partial charge on any atom is -0.497 e. The number of benzene rings is 1. The van der Waals surface area contributed by atoms with Crippen LogP contribution in [-0.2, 0) is 0 Å². The Hall–Kier alpha value is -2.21. The Balaban J connectivity index is 2.01. The van der Waals surface area contributed by atoms with Crippen LogP contribution in [0.3, 0.4) is 0 Å². The third-order valence-electron chi connectivity index (χ3n) is 4.13. The van der Waals surface area contributed by atoms with Gasteiger partial charge in [-0.2, -0.15) is 0 Å². The fourth-order valence-electron chi connectivity index (χ4n) is 2.94. The van der Waals surface area contributed by atoms with Crippen molar-refractivity contribution < 1.29 is 9.53 Å². The van der Waals surface area contributed by atoms with Crippen molar-refractivity contribution in [1.82, 2.24) is 9.88 Å². The number of hydrogen-bond donors (Lipinski definition) is 1. The van der Waals surface area contributed by atoms with Gasteiger partial charge in [-0.3, -0.25) is 4.98 Å². The van der Waals surface area contributed by atoms with Gasteiger partial charge in [0.1, 0.15) is 5.75 Å². The van der Waals surface area contributed by atoms with E-state index in [0.717, 1.165) is 35.3 Å². The lowest BCUT2D eigenvalue weighted by atomic mass is 10.1. The van der Waals surface area contributed by atoms with E-state index in [1.807, 2.05) is 18.2 Å².